The molecule has 0 radical (unpaired) electrons. The maximum atomic E-state index is 6.83. The van der Waals surface area contributed by atoms with Gasteiger partial charge < -0.3 is 9.32 Å². The molecule has 2 nitrogen and oxygen atoms in total. The minimum absolute atomic E-state index is 0.524. The van der Waals surface area contributed by atoms with Gasteiger partial charge in [-0.3, -0.25) is 0 Å². The second kappa shape index (κ2) is 15.3. The van der Waals surface area contributed by atoms with Gasteiger partial charge in [-0.05, 0) is 92.4 Å². The maximum absolute atomic E-state index is 6.83. The summed E-state index contributed by atoms with van der Waals surface area (Å²) in [6, 6.07) is 91.2. The molecule has 68 heavy (non-hydrogen) atoms. The van der Waals surface area contributed by atoms with Crippen molar-refractivity contribution in [2.75, 3.05) is 4.90 Å². The third-order valence-corrected chi connectivity index (χ3v) is 15.6. The van der Waals surface area contributed by atoms with Gasteiger partial charge in [0.1, 0.15) is 11.2 Å². The van der Waals surface area contributed by atoms with E-state index in [2.05, 4.69) is 254 Å². The first-order chi connectivity index (χ1) is 33.7. The summed E-state index contributed by atoms with van der Waals surface area (Å²) in [5, 5.41) is 7.18. The molecule has 1 aliphatic rings. The van der Waals surface area contributed by atoms with Crippen molar-refractivity contribution < 1.29 is 4.42 Å². The molecule has 13 aromatic rings. The van der Waals surface area contributed by atoms with E-state index < -0.39 is 5.41 Å². The molecule has 0 unspecified atom stereocenters. The average molecular weight is 884 g/mol. The highest BCUT2D eigenvalue weighted by Crippen LogP contribution is 2.59. The normalized spacial score (nSPS) is 12.8. The average Bonchev–Trinajstić information content (AvgIpc) is 4.09. The smallest absolute Gasteiger partial charge is 0.143 e. The number of para-hydroxylation sites is 1. The summed E-state index contributed by atoms with van der Waals surface area (Å²) in [4.78, 5) is 2.46. The monoisotopic (exact) mass is 883 g/mol. The molecule has 0 atom stereocenters. The summed E-state index contributed by atoms with van der Waals surface area (Å²) >= 11 is 1.87. The fourth-order valence-corrected chi connectivity index (χ4v) is 12.6. The predicted octanol–water partition coefficient (Wildman–Crippen LogP) is 18.3. The largest absolute Gasteiger partial charge is 0.455 e. The molecule has 14 rings (SSSR count). The molecule has 0 bridgehead atoms. The lowest BCUT2D eigenvalue weighted by Gasteiger charge is -2.34. The van der Waals surface area contributed by atoms with Crippen LogP contribution in [0.3, 0.4) is 0 Å². The Kier molecular flexibility index (Phi) is 8.71. The van der Waals surface area contributed by atoms with E-state index >= 15 is 0 Å². The lowest BCUT2D eigenvalue weighted by atomic mass is 9.68. The number of anilines is 3. The first kappa shape index (κ1) is 38.7. The second-order valence-electron chi connectivity index (χ2n) is 17.9. The molecule has 1 aliphatic carbocycles. The maximum Gasteiger partial charge on any atom is 0.143 e. The van der Waals surface area contributed by atoms with E-state index in [1.54, 1.807) is 0 Å². The highest BCUT2D eigenvalue weighted by atomic mass is 32.1. The number of fused-ring (bicyclic) bond motifs is 11. The third-order valence-electron chi connectivity index (χ3n) is 14.4. The fourth-order valence-electron chi connectivity index (χ4n) is 11.4. The Morgan fingerprint density at radius 1 is 0.353 bits per heavy atom. The van der Waals surface area contributed by atoms with Crippen molar-refractivity contribution in [1.82, 2.24) is 0 Å². The summed E-state index contributed by atoms with van der Waals surface area (Å²) in [6.07, 6.45) is 0. The number of benzene rings is 11. The van der Waals surface area contributed by atoms with E-state index in [1.165, 1.54) is 70.1 Å². The Hall–Kier alpha value is -8.50. The molecule has 11 aromatic carbocycles. The van der Waals surface area contributed by atoms with Crippen LogP contribution in [-0.2, 0) is 5.41 Å². The van der Waals surface area contributed by atoms with Crippen LogP contribution in [0.5, 0.6) is 0 Å². The highest BCUT2D eigenvalue weighted by molar-refractivity contribution is 7.26. The van der Waals surface area contributed by atoms with Crippen LogP contribution in [0.2, 0.25) is 0 Å². The molecule has 0 amide bonds. The standard InChI is InChI=1S/C65H41NOS/c1-3-17-45(18-4-1)65(46-19-5-2-6-20-46)57-28-11-9-23-56(57)61-58(65)29-15-30-59(61)66(48-39-34-44(35-40-48)51-25-14-27-55-52-22-10-12-31-60(52)68-64(51)55)47-37-32-43(33-38-47)50-24-13-26-53-54-41-36-42-16-7-8-21-49(42)63(54)67-62(50)53/h1-41H. The molecule has 0 saturated carbocycles. The quantitative estimate of drug-likeness (QED) is 0.159. The Morgan fingerprint density at radius 3 is 1.65 bits per heavy atom. The highest BCUT2D eigenvalue weighted by Gasteiger charge is 2.47. The minimum Gasteiger partial charge on any atom is -0.455 e. The zero-order chi connectivity index (χ0) is 44.8. The van der Waals surface area contributed by atoms with Gasteiger partial charge in [0.05, 0.1) is 11.1 Å². The topological polar surface area (TPSA) is 16.4 Å². The Balaban J connectivity index is 0.967. The number of hydrogen-bond acceptors (Lipinski definition) is 3. The summed E-state index contributed by atoms with van der Waals surface area (Å²) < 4.78 is 9.45. The molecule has 318 valence electrons. The van der Waals surface area contributed by atoms with Crippen LogP contribution in [0.4, 0.5) is 17.1 Å². The van der Waals surface area contributed by atoms with Gasteiger partial charge in [0, 0.05) is 58.8 Å². The molecule has 2 aromatic heterocycles. The molecule has 0 fully saturated rings. The zero-order valence-corrected chi connectivity index (χ0v) is 37.8. The van der Waals surface area contributed by atoms with Gasteiger partial charge in [0.15, 0.2) is 0 Å². The number of thiophene rings is 1. The summed E-state index contributed by atoms with van der Waals surface area (Å²) in [7, 11) is 0. The molecule has 3 heteroatoms. The first-order valence-corrected chi connectivity index (χ1v) is 24.1. The van der Waals surface area contributed by atoms with Gasteiger partial charge in [0.25, 0.3) is 0 Å². The van der Waals surface area contributed by atoms with Crippen LogP contribution in [0.25, 0.3) is 86.3 Å². The van der Waals surface area contributed by atoms with Crippen LogP contribution in [0.1, 0.15) is 22.3 Å². The van der Waals surface area contributed by atoms with Crippen LogP contribution in [-0.4, -0.2) is 0 Å². The van der Waals surface area contributed by atoms with E-state index in [-0.39, 0.29) is 0 Å². The first-order valence-electron chi connectivity index (χ1n) is 23.3. The van der Waals surface area contributed by atoms with E-state index in [4.69, 9.17) is 4.42 Å². The van der Waals surface area contributed by atoms with Crippen molar-refractivity contribution in [2.24, 2.45) is 0 Å². The number of rotatable bonds is 7. The number of nitrogens with zero attached hydrogens (tertiary/aromatic N) is 1. The fraction of sp³-hybridized carbons (Fsp3) is 0.0154. The van der Waals surface area contributed by atoms with Crippen LogP contribution in [0.15, 0.2) is 253 Å². The SMILES string of the molecule is c1ccc(C2(c3ccccc3)c3ccccc3-c3c(N(c4ccc(-c5cccc6c5oc5c7ccccc7ccc65)cc4)c4ccc(-c5cccc6c5sc5ccccc56)cc4)cccc32)cc1. The minimum atomic E-state index is -0.524. The van der Waals surface area contributed by atoms with Gasteiger partial charge >= 0.3 is 0 Å². The van der Waals surface area contributed by atoms with Crippen molar-refractivity contribution >= 4 is 81.3 Å². The summed E-state index contributed by atoms with van der Waals surface area (Å²) in [5.41, 5.74) is 16.7. The van der Waals surface area contributed by atoms with Crippen LogP contribution < -0.4 is 4.90 Å². The van der Waals surface area contributed by atoms with Crippen molar-refractivity contribution in [3.63, 3.8) is 0 Å². The van der Waals surface area contributed by atoms with Gasteiger partial charge in [-0.15, -0.1) is 11.3 Å². The number of furan rings is 1. The molecular weight excluding hydrogens is 843 g/mol. The Morgan fingerprint density at radius 2 is 0.897 bits per heavy atom. The molecule has 0 saturated heterocycles. The van der Waals surface area contributed by atoms with E-state index in [0.29, 0.717) is 0 Å². The molecule has 0 N–H and O–H groups in total. The van der Waals surface area contributed by atoms with Gasteiger partial charge in [-0.2, -0.15) is 0 Å². The van der Waals surface area contributed by atoms with Gasteiger partial charge in [-0.25, -0.2) is 0 Å². The molecule has 0 aliphatic heterocycles. The van der Waals surface area contributed by atoms with Crippen LogP contribution >= 0.6 is 11.3 Å². The van der Waals surface area contributed by atoms with Gasteiger partial charge in [0.2, 0.25) is 0 Å². The molecule has 0 spiro atoms. The molecule has 2 heterocycles. The molecular formula is C65H41NOS. The summed E-state index contributed by atoms with van der Waals surface area (Å²) in [5.74, 6) is 0. The number of hydrogen-bond donors (Lipinski definition) is 0. The lowest BCUT2D eigenvalue weighted by molar-refractivity contribution is 0.674. The van der Waals surface area contributed by atoms with E-state index in [1.807, 2.05) is 11.3 Å². The van der Waals surface area contributed by atoms with Gasteiger partial charge in [-0.1, -0.05) is 206 Å². The zero-order valence-electron chi connectivity index (χ0n) is 36.9. The second-order valence-corrected chi connectivity index (χ2v) is 18.9. The summed E-state index contributed by atoms with van der Waals surface area (Å²) in [6.45, 7) is 0. The van der Waals surface area contributed by atoms with Crippen molar-refractivity contribution in [3.8, 4) is 33.4 Å². The Bertz CT molecular complexity index is 4030. The van der Waals surface area contributed by atoms with Crippen LogP contribution in [0, 0.1) is 0 Å². The van der Waals surface area contributed by atoms with E-state index in [9.17, 15) is 0 Å². The predicted molar refractivity (Wildman–Crippen MR) is 287 cm³/mol. The van der Waals surface area contributed by atoms with Crippen molar-refractivity contribution in [2.45, 2.75) is 5.41 Å². The third kappa shape index (κ3) is 5.70. The lowest BCUT2D eigenvalue weighted by Crippen LogP contribution is -2.28. The van der Waals surface area contributed by atoms with E-state index in [0.717, 1.165) is 55.5 Å². The Labute approximate surface area is 398 Å². The van der Waals surface area contributed by atoms with Crippen molar-refractivity contribution in [3.05, 3.63) is 271 Å². The van der Waals surface area contributed by atoms with Crippen molar-refractivity contribution in [1.29, 1.82) is 0 Å².